The highest BCUT2D eigenvalue weighted by molar-refractivity contribution is 5.87. The van der Waals surface area contributed by atoms with Crippen molar-refractivity contribution in [2.75, 3.05) is 13.6 Å². The number of rotatable bonds is 5. The van der Waals surface area contributed by atoms with Gasteiger partial charge >= 0.3 is 5.97 Å². The molecule has 0 bridgehead atoms. The normalized spacial score (nSPS) is 13.8. The fourth-order valence-corrected chi connectivity index (χ4v) is 2.94. The van der Waals surface area contributed by atoms with Gasteiger partial charge in [-0.2, -0.15) is 0 Å². The van der Waals surface area contributed by atoms with Crippen LogP contribution in [0.3, 0.4) is 0 Å². The number of carbonyl (C=O) groups is 1. The number of hydrogen-bond acceptors (Lipinski definition) is 8. The Morgan fingerprint density at radius 1 is 0.931 bits per heavy atom. The second-order valence-electron chi connectivity index (χ2n) is 6.30. The Morgan fingerprint density at radius 3 is 2.48 bits per heavy atom. The zero-order chi connectivity index (χ0) is 19.6. The molecule has 3 aromatic rings. The third-order valence-electron chi connectivity index (χ3n) is 4.39. The number of fused-ring (bicyclic) bond motifs is 2. The summed E-state index contributed by atoms with van der Waals surface area (Å²) in [6.07, 6.45) is 2.99. The molecule has 5 rings (SSSR count). The van der Waals surface area contributed by atoms with Crippen LogP contribution in [0, 0.1) is 0 Å². The summed E-state index contributed by atoms with van der Waals surface area (Å²) in [6.45, 7) is 0.408. The molecular formula is C21H15NO7. The Hall–Kier alpha value is -3.94. The second-order valence-corrected chi connectivity index (χ2v) is 6.30. The van der Waals surface area contributed by atoms with Crippen LogP contribution in [-0.4, -0.2) is 24.7 Å². The molecule has 0 aliphatic carbocycles. The van der Waals surface area contributed by atoms with Crippen LogP contribution in [0.1, 0.15) is 11.3 Å². The zero-order valence-corrected chi connectivity index (χ0v) is 15.1. The highest BCUT2D eigenvalue weighted by Gasteiger charge is 2.16. The van der Waals surface area contributed by atoms with Gasteiger partial charge in [-0.05, 0) is 42.0 Å². The van der Waals surface area contributed by atoms with Crippen LogP contribution in [0.4, 0.5) is 0 Å². The van der Waals surface area contributed by atoms with Crippen LogP contribution in [0.15, 0.2) is 53.1 Å². The predicted octanol–water partition coefficient (Wildman–Crippen LogP) is 3.56. The van der Waals surface area contributed by atoms with Crippen molar-refractivity contribution >= 4 is 12.0 Å². The van der Waals surface area contributed by atoms with E-state index >= 15 is 0 Å². The summed E-state index contributed by atoms with van der Waals surface area (Å²) >= 11 is 0. The van der Waals surface area contributed by atoms with Crippen LogP contribution in [-0.2, 0) is 16.1 Å². The molecule has 0 saturated carbocycles. The van der Waals surface area contributed by atoms with E-state index in [0.29, 0.717) is 34.5 Å². The number of esters is 1. The molecule has 0 amide bonds. The molecule has 8 nitrogen and oxygen atoms in total. The van der Waals surface area contributed by atoms with E-state index in [4.69, 9.17) is 28.2 Å². The lowest BCUT2D eigenvalue weighted by molar-refractivity contribution is -0.139. The Balaban J connectivity index is 1.19. The Labute approximate surface area is 165 Å². The van der Waals surface area contributed by atoms with E-state index in [1.807, 2.05) is 18.2 Å². The van der Waals surface area contributed by atoms with E-state index in [-0.39, 0.29) is 20.2 Å². The molecule has 2 aliphatic rings. The maximum Gasteiger partial charge on any atom is 0.331 e. The fourth-order valence-electron chi connectivity index (χ4n) is 2.94. The SMILES string of the molecule is O=C(C=Cc1ccc2c(c1)OCO2)OCc1cc(-c2ccc3c(c2)OCO3)on1. The van der Waals surface area contributed by atoms with Gasteiger partial charge in [-0.25, -0.2) is 4.79 Å². The lowest BCUT2D eigenvalue weighted by Gasteiger charge is -1.99. The van der Waals surface area contributed by atoms with Crippen LogP contribution < -0.4 is 18.9 Å². The topological polar surface area (TPSA) is 89.3 Å². The van der Waals surface area contributed by atoms with Gasteiger partial charge in [-0.15, -0.1) is 0 Å². The van der Waals surface area contributed by atoms with Crippen molar-refractivity contribution in [3.63, 3.8) is 0 Å². The van der Waals surface area contributed by atoms with Gasteiger partial charge in [0.2, 0.25) is 13.6 Å². The lowest BCUT2D eigenvalue weighted by Crippen LogP contribution is -2.00. The average Bonchev–Trinajstić information content (AvgIpc) is 3.49. The summed E-state index contributed by atoms with van der Waals surface area (Å²) < 4.78 is 31.8. The first-order valence-corrected chi connectivity index (χ1v) is 8.85. The molecule has 146 valence electrons. The number of hydrogen-bond donors (Lipinski definition) is 0. The molecule has 0 fully saturated rings. The van der Waals surface area contributed by atoms with E-state index in [9.17, 15) is 4.79 Å². The van der Waals surface area contributed by atoms with Crippen molar-refractivity contribution in [3.8, 4) is 34.3 Å². The standard InChI is InChI=1S/C21H15NO7/c23-21(6-2-13-1-4-16-19(7-13)27-11-25-16)24-10-15-9-18(29-22-15)14-3-5-17-20(8-14)28-12-26-17/h1-9H,10-12H2. The molecule has 0 N–H and O–H groups in total. The number of nitrogens with zero attached hydrogens (tertiary/aromatic N) is 1. The van der Waals surface area contributed by atoms with Gasteiger partial charge in [-0.1, -0.05) is 11.2 Å². The minimum Gasteiger partial charge on any atom is -0.456 e. The van der Waals surface area contributed by atoms with E-state index in [1.165, 1.54) is 6.08 Å². The maximum atomic E-state index is 12.0. The first-order chi connectivity index (χ1) is 14.2. The summed E-state index contributed by atoms with van der Waals surface area (Å²) in [5, 5.41) is 3.94. The maximum absolute atomic E-state index is 12.0. The summed E-state index contributed by atoms with van der Waals surface area (Å²) in [6, 6.07) is 12.6. The summed E-state index contributed by atoms with van der Waals surface area (Å²) in [4.78, 5) is 12.0. The highest BCUT2D eigenvalue weighted by Crippen LogP contribution is 2.36. The van der Waals surface area contributed by atoms with Crippen molar-refractivity contribution in [2.24, 2.45) is 0 Å². The van der Waals surface area contributed by atoms with Gasteiger partial charge in [0, 0.05) is 17.7 Å². The van der Waals surface area contributed by atoms with Gasteiger partial charge in [0.15, 0.2) is 28.8 Å². The minimum absolute atomic E-state index is 0.00162. The van der Waals surface area contributed by atoms with E-state index in [0.717, 1.165) is 11.1 Å². The lowest BCUT2D eigenvalue weighted by atomic mass is 10.1. The van der Waals surface area contributed by atoms with Crippen molar-refractivity contribution < 1.29 is 33.0 Å². The zero-order valence-electron chi connectivity index (χ0n) is 15.1. The molecular weight excluding hydrogens is 378 g/mol. The van der Waals surface area contributed by atoms with Crippen molar-refractivity contribution in [3.05, 3.63) is 59.8 Å². The second kappa shape index (κ2) is 7.23. The van der Waals surface area contributed by atoms with E-state index in [1.54, 1.807) is 30.3 Å². The predicted molar refractivity (Wildman–Crippen MR) is 99.5 cm³/mol. The molecule has 3 heterocycles. The average molecular weight is 393 g/mol. The molecule has 8 heteroatoms. The molecule has 0 spiro atoms. The fraction of sp³-hybridized carbons (Fsp3) is 0.143. The largest absolute Gasteiger partial charge is 0.456 e. The first-order valence-electron chi connectivity index (χ1n) is 8.85. The third kappa shape index (κ3) is 3.60. The summed E-state index contributed by atoms with van der Waals surface area (Å²) in [5.41, 5.74) is 2.10. The van der Waals surface area contributed by atoms with Crippen LogP contribution in [0.5, 0.6) is 23.0 Å². The van der Waals surface area contributed by atoms with Crippen molar-refractivity contribution in [1.82, 2.24) is 5.16 Å². The molecule has 0 atom stereocenters. The molecule has 1 aromatic heterocycles. The Morgan fingerprint density at radius 2 is 1.66 bits per heavy atom. The van der Waals surface area contributed by atoms with Gasteiger partial charge < -0.3 is 28.2 Å². The van der Waals surface area contributed by atoms with Crippen LogP contribution in [0.25, 0.3) is 17.4 Å². The number of aromatic nitrogens is 1. The van der Waals surface area contributed by atoms with E-state index in [2.05, 4.69) is 5.16 Å². The monoisotopic (exact) mass is 393 g/mol. The van der Waals surface area contributed by atoms with Gasteiger partial charge in [0.05, 0.1) is 0 Å². The van der Waals surface area contributed by atoms with Crippen molar-refractivity contribution in [1.29, 1.82) is 0 Å². The van der Waals surface area contributed by atoms with Gasteiger partial charge in [-0.3, -0.25) is 0 Å². The number of carbonyl (C=O) groups excluding carboxylic acids is 1. The summed E-state index contributed by atoms with van der Waals surface area (Å²) in [7, 11) is 0. The smallest absolute Gasteiger partial charge is 0.331 e. The van der Waals surface area contributed by atoms with Crippen molar-refractivity contribution in [2.45, 2.75) is 6.61 Å². The quantitative estimate of drug-likeness (QED) is 0.480. The first kappa shape index (κ1) is 17.2. The number of benzene rings is 2. The van der Waals surface area contributed by atoms with Gasteiger partial charge in [0.1, 0.15) is 12.3 Å². The summed E-state index contributed by atoms with van der Waals surface area (Å²) in [5.74, 6) is 2.74. The third-order valence-corrected chi connectivity index (χ3v) is 4.39. The number of ether oxygens (including phenoxy) is 5. The van der Waals surface area contributed by atoms with Crippen LogP contribution >= 0.6 is 0 Å². The molecule has 2 aliphatic heterocycles. The molecule has 0 unspecified atom stereocenters. The molecule has 0 saturated heterocycles. The van der Waals surface area contributed by atoms with Crippen LogP contribution in [0.2, 0.25) is 0 Å². The molecule has 2 aromatic carbocycles. The minimum atomic E-state index is -0.490. The Bertz CT molecular complexity index is 1100. The molecule has 29 heavy (non-hydrogen) atoms. The van der Waals surface area contributed by atoms with Gasteiger partial charge in [0.25, 0.3) is 0 Å². The highest BCUT2D eigenvalue weighted by atomic mass is 16.7. The molecule has 0 radical (unpaired) electrons. The van der Waals surface area contributed by atoms with E-state index < -0.39 is 5.97 Å². The Kier molecular flexibility index (Phi) is 4.28.